The van der Waals surface area contributed by atoms with Crippen molar-refractivity contribution >= 4 is 0 Å². The van der Waals surface area contributed by atoms with Gasteiger partial charge in [-0.1, -0.05) is 42.0 Å². The molecule has 2 saturated heterocycles. The van der Waals surface area contributed by atoms with Crippen molar-refractivity contribution in [1.82, 2.24) is 0 Å². The molecule has 0 N–H and O–H groups in total. The fraction of sp³-hybridized carbons (Fsp3) is 0.525. The summed E-state index contributed by atoms with van der Waals surface area (Å²) >= 11 is 0. The number of rotatable bonds is 2. The average Bonchev–Trinajstić information content (AvgIpc) is 3.93. The Bertz CT molecular complexity index is 2430. The molecule has 0 unspecified atom stereocenters. The Hall–Kier alpha value is -4.16. The van der Waals surface area contributed by atoms with Gasteiger partial charge in [-0.15, -0.1) is 6.42 Å². The highest BCUT2D eigenvalue weighted by atomic mass is 16.7. The van der Waals surface area contributed by atoms with Crippen LogP contribution in [0.5, 0.6) is 0 Å². The zero-order valence-electron chi connectivity index (χ0n) is 41.7. The van der Waals surface area contributed by atoms with Crippen LogP contribution in [0.15, 0.2) is 24.3 Å². The maximum atomic E-state index is 5.93. The van der Waals surface area contributed by atoms with Gasteiger partial charge >= 0.3 is 0 Å². The van der Waals surface area contributed by atoms with E-state index in [1.54, 1.807) is 5.56 Å². The number of hydrogen-bond acceptors (Lipinski definition) is 4. The number of benzene rings is 4. The van der Waals surface area contributed by atoms with Crippen LogP contribution in [0.25, 0.3) is 0 Å². The molecule has 336 valence electrons. The molecular weight excluding hydrogens is 773 g/mol. The lowest BCUT2D eigenvalue weighted by molar-refractivity contribution is -0.179. The molecule has 0 radical (unpaired) electrons. The monoisotopic (exact) mass is 849 g/mol. The van der Waals surface area contributed by atoms with Crippen LogP contribution < -0.4 is 0 Å². The van der Waals surface area contributed by atoms with Crippen molar-refractivity contribution in [3.8, 4) is 24.2 Å². The predicted molar refractivity (Wildman–Crippen MR) is 262 cm³/mol. The highest BCUT2D eigenvalue weighted by Crippen LogP contribution is 2.45. The molecule has 4 fully saturated rings. The van der Waals surface area contributed by atoms with Gasteiger partial charge < -0.3 is 18.9 Å². The molecule has 4 aromatic rings. The van der Waals surface area contributed by atoms with Crippen molar-refractivity contribution in [2.45, 2.75) is 179 Å². The lowest BCUT2D eigenvalue weighted by Crippen LogP contribution is -2.34. The fourth-order valence-corrected chi connectivity index (χ4v) is 10.8. The van der Waals surface area contributed by atoms with Crippen LogP contribution in [0.1, 0.15) is 174 Å². The third kappa shape index (κ3) is 10.2. The van der Waals surface area contributed by atoms with Crippen LogP contribution in [0, 0.1) is 128 Å². The van der Waals surface area contributed by atoms with Gasteiger partial charge in [0.2, 0.25) is 0 Å². The molecule has 63 heavy (non-hydrogen) atoms. The zero-order valence-corrected chi connectivity index (χ0v) is 41.7. The Morgan fingerprint density at radius 1 is 0.381 bits per heavy atom. The van der Waals surface area contributed by atoms with Gasteiger partial charge in [0, 0.05) is 42.4 Å². The highest BCUT2D eigenvalue weighted by Gasteiger charge is 2.42. The molecule has 0 atom stereocenters. The Balaban J connectivity index is 0.000000176. The van der Waals surface area contributed by atoms with E-state index in [1.165, 1.54) is 113 Å². The van der Waals surface area contributed by atoms with Gasteiger partial charge in [-0.2, -0.15) is 0 Å². The van der Waals surface area contributed by atoms with Gasteiger partial charge in [0.25, 0.3) is 0 Å². The standard InChI is InChI=1S/C29H36O2.C18H26O2.C12H14/c1-18-16-19(2)26(22(5)21(18)4)8-9-27-20(3)17-28(24(7)23(27)6)25-10-12-29(13-11-25)30-14-15-31-29;1-12-11-17(15(4)14(3)13(12)2)16-5-7-18(8-6-16)19-9-10-20-18;1-6-12-9(3)7-8(2)10(4)11(12)5/h16-17,25H,10-15H2,1-7H3;11,16H,5-10H2,1-4H3;1,7H,2-5H3. The van der Waals surface area contributed by atoms with E-state index in [2.05, 4.69) is 146 Å². The van der Waals surface area contributed by atoms with Crippen LogP contribution >= 0.6 is 0 Å². The van der Waals surface area contributed by atoms with Crippen molar-refractivity contribution < 1.29 is 18.9 Å². The van der Waals surface area contributed by atoms with Gasteiger partial charge in [-0.05, 0) is 236 Å². The summed E-state index contributed by atoms with van der Waals surface area (Å²) in [5.74, 6) is 10.5. The number of aryl methyl sites for hydroxylation is 6. The quantitative estimate of drug-likeness (QED) is 0.188. The normalized spacial score (nSPS) is 18.9. The lowest BCUT2D eigenvalue weighted by Gasteiger charge is -2.36. The van der Waals surface area contributed by atoms with Gasteiger partial charge in [-0.3, -0.25) is 0 Å². The van der Waals surface area contributed by atoms with Crippen LogP contribution in [0.2, 0.25) is 0 Å². The molecule has 2 heterocycles. The molecule has 2 aliphatic heterocycles. The van der Waals surface area contributed by atoms with E-state index in [0.29, 0.717) is 11.8 Å². The molecule has 4 nitrogen and oxygen atoms in total. The first-order chi connectivity index (χ1) is 29.8. The van der Waals surface area contributed by atoms with E-state index in [-0.39, 0.29) is 11.6 Å². The molecule has 2 saturated carbocycles. The van der Waals surface area contributed by atoms with E-state index in [9.17, 15) is 0 Å². The van der Waals surface area contributed by atoms with Gasteiger partial charge in [0.1, 0.15) is 0 Å². The molecular formula is C59H76O4. The fourth-order valence-electron chi connectivity index (χ4n) is 10.8. The second kappa shape index (κ2) is 19.9. The molecule has 8 rings (SSSR count). The Kier molecular flexibility index (Phi) is 15.3. The Morgan fingerprint density at radius 2 is 0.683 bits per heavy atom. The molecule has 2 spiro atoms. The summed E-state index contributed by atoms with van der Waals surface area (Å²) in [7, 11) is 0. The minimum Gasteiger partial charge on any atom is -0.348 e. The van der Waals surface area contributed by atoms with Crippen molar-refractivity contribution in [3.63, 3.8) is 0 Å². The Morgan fingerprint density at radius 3 is 1.10 bits per heavy atom. The summed E-state index contributed by atoms with van der Waals surface area (Å²) in [5.41, 5.74) is 26.7. The lowest BCUT2D eigenvalue weighted by atomic mass is 9.77. The van der Waals surface area contributed by atoms with Crippen LogP contribution in [-0.4, -0.2) is 38.0 Å². The van der Waals surface area contributed by atoms with E-state index in [1.807, 2.05) is 0 Å². The number of hydrogen-bond donors (Lipinski definition) is 0. The summed E-state index contributed by atoms with van der Waals surface area (Å²) in [6.07, 6.45) is 14.1. The third-order valence-corrected chi connectivity index (χ3v) is 15.8. The van der Waals surface area contributed by atoms with Gasteiger partial charge in [-0.25, -0.2) is 0 Å². The Labute approximate surface area is 382 Å². The molecule has 4 aromatic carbocycles. The molecule has 0 amide bonds. The first-order valence-electron chi connectivity index (χ1n) is 23.7. The van der Waals surface area contributed by atoms with Crippen molar-refractivity contribution in [2.24, 2.45) is 0 Å². The molecule has 2 aliphatic carbocycles. The summed E-state index contributed by atoms with van der Waals surface area (Å²) in [4.78, 5) is 0. The number of ether oxygens (including phenoxy) is 4. The molecule has 4 aliphatic rings. The smallest absolute Gasteiger partial charge is 0.168 e. The molecule has 0 aromatic heterocycles. The summed E-state index contributed by atoms with van der Waals surface area (Å²) in [6.45, 7) is 35.9. The number of terminal acetylenes is 1. The SMILES string of the molecule is C#Cc1c(C)cc(C)c(C)c1C.Cc1cc(C)c(C#Cc2c(C)cc(C3CCC4(CC3)OCCO4)c(C)c2C)c(C)c1C.Cc1cc(C2CCC3(CC2)OCCO3)c(C)c(C)c1C. The first-order valence-corrected chi connectivity index (χ1v) is 23.7. The maximum absolute atomic E-state index is 5.93. The van der Waals surface area contributed by atoms with Crippen molar-refractivity contribution in [2.75, 3.05) is 26.4 Å². The first kappa shape index (κ1) is 48.3. The van der Waals surface area contributed by atoms with Crippen molar-refractivity contribution in [3.05, 3.63) is 136 Å². The van der Waals surface area contributed by atoms with Crippen LogP contribution in [-0.2, 0) is 18.9 Å². The molecule has 0 bridgehead atoms. The largest absolute Gasteiger partial charge is 0.348 e. The zero-order chi connectivity index (χ0) is 46.0. The highest BCUT2D eigenvalue weighted by molar-refractivity contribution is 5.59. The molecule has 4 heteroatoms. The van der Waals surface area contributed by atoms with Gasteiger partial charge in [0.15, 0.2) is 11.6 Å². The topological polar surface area (TPSA) is 36.9 Å². The minimum absolute atomic E-state index is 0.237. The predicted octanol–water partition coefficient (Wildman–Crippen LogP) is 13.9. The second-order valence-electron chi connectivity index (χ2n) is 19.5. The van der Waals surface area contributed by atoms with E-state index in [4.69, 9.17) is 25.4 Å². The van der Waals surface area contributed by atoms with E-state index < -0.39 is 0 Å². The van der Waals surface area contributed by atoms with Crippen LogP contribution in [0.4, 0.5) is 0 Å². The third-order valence-electron chi connectivity index (χ3n) is 15.8. The summed E-state index contributed by atoms with van der Waals surface area (Å²) in [5, 5.41) is 0. The van der Waals surface area contributed by atoms with E-state index >= 15 is 0 Å². The van der Waals surface area contributed by atoms with Gasteiger partial charge in [0.05, 0.1) is 26.4 Å². The summed E-state index contributed by atoms with van der Waals surface area (Å²) in [6, 6.07) is 9.22. The second-order valence-corrected chi connectivity index (χ2v) is 19.5. The summed E-state index contributed by atoms with van der Waals surface area (Å²) < 4.78 is 23.5. The minimum atomic E-state index is -0.290. The van der Waals surface area contributed by atoms with E-state index in [0.717, 1.165) is 70.5 Å². The van der Waals surface area contributed by atoms with Crippen LogP contribution in [0.3, 0.4) is 0 Å². The van der Waals surface area contributed by atoms with Crippen molar-refractivity contribution in [1.29, 1.82) is 0 Å². The average molecular weight is 849 g/mol. The maximum Gasteiger partial charge on any atom is 0.168 e.